The predicted octanol–water partition coefficient (Wildman–Crippen LogP) is 3.00. The van der Waals surface area contributed by atoms with Crippen LogP contribution in [-0.2, 0) is 0 Å². The molecule has 0 aliphatic rings. The van der Waals surface area contributed by atoms with Crippen molar-refractivity contribution in [3.05, 3.63) is 60.2 Å². The first-order valence-corrected chi connectivity index (χ1v) is 6.42. The van der Waals surface area contributed by atoms with E-state index in [9.17, 15) is 9.59 Å². The number of para-hydroxylation sites is 1. The molecule has 5 heteroatoms. The zero-order valence-electron chi connectivity index (χ0n) is 11.9. The van der Waals surface area contributed by atoms with Gasteiger partial charge in [-0.3, -0.25) is 10.1 Å². The lowest BCUT2D eigenvalue weighted by molar-refractivity contribution is 0.0827. The van der Waals surface area contributed by atoms with Crippen LogP contribution in [0, 0.1) is 0 Å². The van der Waals surface area contributed by atoms with Gasteiger partial charge in [0.25, 0.3) is 5.91 Å². The molecular weight excluding hydrogens is 268 g/mol. The van der Waals surface area contributed by atoms with E-state index in [0.29, 0.717) is 17.0 Å². The maximum absolute atomic E-state index is 11.7. The number of hydrogen-bond acceptors (Lipinski definition) is 3. The highest BCUT2D eigenvalue weighted by molar-refractivity contribution is 5.94. The standard InChI is InChI=1S/C16H16N2O3/c1-18(2)15(19)12-8-10-13(11-9-12)17-16(20)21-14-6-4-3-5-7-14/h3-11H,1-2H3,(H,17,20). The highest BCUT2D eigenvalue weighted by Crippen LogP contribution is 2.13. The van der Waals surface area contributed by atoms with Crippen molar-refractivity contribution in [3.63, 3.8) is 0 Å². The minimum Gasteiger partial charge on any atom is -0.410 e. The van der Waals surface area contributed by atoms with Crippen molar-refractivity contribution >= 4 is 17.7 Å². The van der Waals surface area contributed by atoms with Crippen LogP contribution in [0.4, 0.5) is 10.5 Å². The topological polar surface area (TPSA) is 58.6 Å². The summed E-state index contributed by atoms with van der Waals surface area (Å²) in [5, 5.41) is 2.60. The highest BCUT2D eigenvalue weighted by atomic mass is 16.6. The molecule has 0 atom stereocenters. The highest BCUT2D eigenvalue weighted by Gasteiger charge is 2.09. The smallest absolute Gasteiger partial charge is 0.410 e. The van der Waals surface area contributed by atoms with Gasteiger partial charge >= 0.3 is 6.09 Å². The molecule has 2 aromatic carbocycles. The van der Waals surface area contributed by atoms with Crippen LogP contribution in [0.15, 0.2) is 54.6 Å². The average molecular weight is 284 g/mol. The third kappa shape index (κ3) is 4.07. The molecule has 0 fully saturated rings. The van der Waals surface area contributed by atoms with Gasteiger partial charge in [-0.1, -0.05) is 18.2 Å². The molecule has 2 rings (SSSR count). The number of rotatable bonds is 3. The number of ether oxygens (including phenoxy) is 1. The Labute approximate surface area is 123 Å². The zero-order chi connectivity index (χ0) is 15.2. The number of hydrogen-bond donors (Lipinski definition) is 1. The molecule has 0 radical (unpaired) electrons. The number of nitrogens with one attached hydrogen (secondary N) is 1. The number of amides is 2. The number of anilines is 1. The Hall–Kier alpha value is -2.82. The van der Waals surface area contributed by atoms with Crippen molar-refractivity contribution in [1.82, 2.24) is 4.90 Å². The second kappa shape index (κ2) is 6.56. The number of carbonyl (C=O) groups excluding carboxylic acids is 2. The van der Waals surface area contributed by atoms with Crippen LogP contribution in [0.5, 0.6) is 5.75 Å². The summed E-state index contributed by atoms with van der Waals surface area (Å²) in [6.45, 7) is 0. The first-order chi connectivity index (χ1) is 10.1. The molecule has 108 valence electrons. The van der Waals surface area contributed by atoms with E-state index < -0.39 is 6.09 Å². The van der Waals surface area contributed by atoms with Crippen molar-refractivity contribution in [3.8, 4) is 5.75 Å². The summed E-state index contributed by atoms with van der Waals surface area (Å²) < 4.78 is 5.11. The predicted molar refractivity (Wildman–Crippen MR) is 80.5 cm³/mol. The largest absolute Gasteiger partial charge is 0.417 e. The van der Waals surface area contributed by atoms with E-state index >= 15 is 0 Å². The first kappa shape index (κ1) is 14.6. The Balaban J connectivity index is 1.97. The molecule has 0 saturated heterocycles. The third-order valence-corrected chi connectivity index (χ3v) is 2.74. The maximum atomic E-state index is 11.7. The molecule has 0 aromatic heterocycles. The number of benzene rings is 2. The van der Waals surface area contributed by atoms with Crippen LogP contribution in [0.3, 0.4) is 0 Å². The van der Waals surface area contributed by atoms with E-state index in [1.165, 1.54) is 4.90 Å². The Kier molecular flexibility index (Phi) is 4.56. The molecule has 5 nitrogen and oxygen atoms in total. The number of carbonyl (C=O) groups is 2. The molecule has 0 aliphatic heterocycles. The van der Waals surface area contributed by atoms with E-state index in [1.807, 2.05) is 6.07 Å². The fourth-order valence-electron chi connectivity index (χ4n) is 1.69. The Morgan fingerprint density at radius 1 is 0.952 bits per heavy atom. The van der Waals surface area contributed by atoms with Crippen molar-refractivity contribution in [2.45, 2.75) is 0 Å². The van der Waals surface area contributed by atoms with Gasteiger partial charge in [-0.05, 0) is 36.4 Å². The summed E-state index contributed by atoms with van der Waals surface area (Å²) in [6, 6.07) is 15.4. The molecule has 21 heavy (non-hydrogen) atoms. The molecular formula is C16H16N2O3. The van der Waals surface area contributed by atoms with E-state index in [1.54, 1.807) is 62.6 Å². The Morgan fingerprint density at radius 3 is 2.14 bits per heavy atom. The van der Waals surface area contributed by atoms with Crippen molar-refractivity contribution in [2.24, 2.45) is 0 Å². The van der Waals surface area contributed by atoms with E-state index in [-0.39, 0.29) is 5.91 Å². The molecule has 2 amide bonds. The SMILES string of the molecule is CN(C)C(=O)c1ccc(NC(=O)Oc2ccccc2)cc1. The summed E-state index contributed by atoms with van der Waals surface area (Å²) in [6.07, 6.45) is -0.576. The van der Waals surface area contributed by atoms with Gasteiger partial charge in [-0.2, -0.15) is 0 Å². The van der Waals surface area contributed by atoms with Crippen LogP contribution in [0.1, 0.15) is 10.4 Å². The lowest BCUT2D eigenvalue weighted by Crippen LogP contribution is -2.21. The van der Waals surface area contributed by atoms with Gasteiger partial charge in [0, 0.05) is 25.3 Å². The maximum Gasteiger partial charge on any atom is 0.417 e. The summed E-state index contributed by atoms with van der Waals surface area (Å²) >= 11 is 0. The van der Waals surface area contributed by atoms with E-state index in [0.717, 1.165) is 0 Å². The van der Waals surface area contributed by atoms with Gasteiger partial charge in [0.1, 0.15) is 5.75 Å². The van der Waals surface area contributed by atoms with Gasteiger partial charge in [0.2, 0.25) is 0 Å². The molecule has 0 aliphatic carbocycles. The first-order valence-electron chi connectivity index (χ1n) is 6.42. The molecule has 0 unspecified atom stereocenters. The van der Waals surface area contributed by atoms with Crippen LogP contribution < -0.4 is 10.1 Å². The molecule has 2 aromatic rings. The summed E-state index contributed by atoms with van der Waals surface area (Å²) in [7, 11) is 3.37. The molecule has 0 spiro atoms. The van der Waals surface area contributed by atoms with E-state index in [2.05, 4.69) is 5.32 Å². The van der Waals surface area contributed by atoms with E-state index in [4.69, 9.17) is 4.74 Å². The van der Waals surface area contributed by atoms with Crippen molar-refractivity contribution < 1.29 is 14.3 Å². The molecule has 0 heterocycles. The lowest BCUT2D eigenvalue weighted by atomic mass is 10.2. The Bertz CT molecular complexity index is 622. The van der Waals surface area contributed by atoms with Gasteiger partial charge < -0.3 is 9.64 Å². The van der Waals surface area contributed by atoms with Crippen molar-refractivity contribution in [2.75, 3.05) is 19.4 Å². The molecule has 0 saturated carbocycles. The number of nitrogens with zero attached hydrogens (tertiary/aromatic N) is 1. The van der Waals surface area contributed by atoms with Crippen LogP contribution in [-0.4, -0.2) is 31.0 Å². The van der Waals surface area contributed by atoms with Crippen molar-refractivity contribution in [1.29, 1.82) is 0 Å². The fraction of sp³-hybridized carbons (Fsp3) is 0.125. The summed E-state index contributed by atoms with van der Waals surface area (Å²) in [5.74, 6) is 0.378. The quantitative estimate of drug-likeness (QED) is 0.942. The monoisotopic (exact) mass is 284 g/mol. The minimum atomic E-state index is -0.576. The average Bonchev–Trinajstić information content (AvgIpc) is 2.48. The van der Waals surface area contributed by atoms with Crippen LogP contribution in [0.25, 0.3) is 0 Å². The zero-order valence-corrected chi connectivity index (χ0v) is 11.9. The summed E-state index contributed by atoms with van der Waals surface area (Å²) in [4.78, 5) is 24.9. The minimum absolute atomic E-state index is 0.0894. The lowest BCUT2D eigenvalue weighted by Gasteiger charge is -2.11. The Morgan fingerprint density at radius 2 is 1.57 bits per heavy atom. The van der Waals surface area contributed by atoms with Crippen LogP contribution in [0.2, 0.25) is 0 Å². The van der Waals surface area contributed by atoms with Gasteiger partial charge in [-0.25, -0.2) is 4.79 Å². The molecule has 1 N–H and O–H groups in total. The fourth-order valence-corrected chi connectivity index (χ4v) is 1.69. The third-order valence-electron chi connectivity index (χ3n) is 2.74. The second-order valence-corrected chi connectivity index (χ2v) is 4.60. The van der Waals surface area contributed by atoms with Gasteiger partial charge in [-0.15, -0.1) is 0 Å². The van der Waals surface area contributed by atoms with Crippen LogP contribution >= 0.6 is 0 Å². The van der Waals surface area contributed by atoms with Gasteiger partial charge in [0.05, 0.1) is 0 Å². The van der Waals surface area contributed by atoms with Gasteiger partial charge in [0.15, 0.2) is 0 Å². The second-order valence-electron chi connectivity index (χ2n) is 4.60. The normalized spacial score (nSPS) is 9.81. The summed E-state index contributed by atoms with van der Waals surface area (Å²) in [5.41, 5.74) is 1.12. The molecule has 0 bridgehead atoms.